The molecule has 4 heteroatoms. The molecule has 1 heterocycles. The van der Waals surface area contributed by atoms with Crippen LogP contribution in [0.4, 0.5) is 4.39 Å². The van der Waals surface area contributed by atoms with Crippen molar-refractivity contribution in [1.29, 1.82) is 0 Å². The normalized spacial score (nSPS) is 11.2. The summed E-state index contributed by atoms with van der Waals surface area (Å²) in [6.45, 7) is 3.74. The van der Waals surface area contributed by atoms with E-state index in [0.717, 1.165) is 22.3 Å². The third-order valence-corrected chi connectivity index (χ3v) is 4.09. The summed E-state index contributed by atoms with van der Waals surface area (Å²) in [6, 6.07) is 10.7. The maximum Gasteiger partial charge on any atom is 0.130 e. The minimum Gasteiger partial charge on any atom is -0.507 e. The largest absolute Gasteiger partial charge is 0.507 e. The van der Waals surface area contributed by atoms with Crippen LogP contribution in [0, 0.1) is 19.7 Å². The molecule has 0 fully saturated rings. The highest BCUT2D eigenvalue weighted by molar-refractivity contribution is 9.10. The van der Waals surface area contributed by atoms with Gasteiger partial charge in [-0.2, -0.15) is 0 Å². The second-order valence-electron chi connectivity index (χ2n) is 4.92. The van der Waals surface area contributed by atoms with Gasteiger partial charge in [0.25, 0.3) is 0 Å². The van der Waals surface area contributed by atoms with Gasteiger partial charge in [-0.1, -0.05) is 0 Å². The van der Waals surface area contributed by atoms with Gasteiger partial charge in [0.15, 0.2) is 0 Å². The summed E-state index contributed by atoms with van der Waals surface area (Å²) in [5.74, 6) is 0.00614. The van der Waals surface area contributed by atoms with Crippen LogP contribution >= 0.6 is 15.9 Å². The van der Waals surface area contributed by atoms with Crippen LogP contribution in [0.3, 0.4) is 0 Å². The molecule has 0 aliphatic carbocycles. The zero-order valence-electron chi connectivity index (χ0n) is 11.1. The summed E-state index contributed by atoms with van der Waals surface area (Å²) in [4.78, 5) is 0. The minimum atomic E-state index is -0.207. The first-order chi connectivity index (χ1) is 9.47. The van der Waals surface area contributed by atoms with Crippen LogP contribution in [0.5, 0.6) is 5.75 Å². The molecule has 102 valence electrons. The Morgan fingerprint density at radius 1 is 1.10 bits per heavy atom. The molecular weight excluding hydrogens is 321 g/mol. The van der Waals surface area contributed by atoms with Crippen LogP contribution < -0.4 is 0 Å². The average Bonchev–Trinajstić information content (AvgIpc) is 2.69. The lowest BCUT2D eigenvalue weighted by atomic mass is 10.2. The predicted molar refractivity (Wildman–Crippen MR) is 82.1 cm³/mol. The molecule has 0 bridgehead atoms. The Balaban J connectivity index is 2.32. The van der Waals surface area contributed by atoms with E-state index < -0.39 is 0 Å². The first-order valence-corrected chi connectivity index (χ1v) is 7.04. The predicted octanol–water partition coefficient (Wildman–Crippen LogP) is 4.85. The van der Waals surface area contributed by atoms with E-state index in [-0.39, 0.29) is 11.6 Å². The van der Waals surface area contributed by atoms with Crippen molar-refractivity contribution < 1.29 is 9.50 Å². The molecule has 0 amide bonds. The van der Waals surface area contributed by atoms with E-state index in [1.165, 1.54) is 6.07 Å². The van der Waals surface area contributed by atoms with Gasteiger partial charge in [-0.15, -0.1) is 0 Å². The Morgan fingerprint density at radius 2 is 1.85 bits per heavy atom. The van der Waals surface area contributed by atoms with Crippen molar-refractivity contribution >= 4 is 26.8 Å². The van der Waals surface area contributed by atoms with Crippen molar-refractivity contribution in [1.82, 2.24) is 4.57 Å². The van der Waals surface area contributed by atoms with E-state index in [0.29, 0.717) is 10.0 Å². The first-order valence-electron chi connectivity index (χ1n) is 6.24. The Kier molecular flexibility index (Phi) is 3.05. The smallest absolute Gasteiger partial charge is 0.130 e. The number of aromatic nitrogens is 1. The average molecular weight is 334 g/mol. The molecule has 1 aromatic heterocycles. The van der Waals surface area contributed by atoms with Gasteiger partial charge in [0.1, 0.15) is 11.6 Å². The van der Waals surface area contributed by atoms with E-state index in [4.69, 9.17) is 0 Å². The zero-order valence-corrected chi connectivity index (χ0v) is 12.7. The Bertz CT molecular complexity index is 823. The molecule has 0 aliphatic rings. The third kappa shape index (κ3) is 2.00. The van der Waals surface area contributed by atoms with Crippen molar-refractivity contribution in [2.75, 3.05) is 0 Å². The Labute approximate surface area is 124 Å². The van der Waals surface area contributed by atoms with E-state index in [2.05, 4.69) is 15.9 Å². The van der Waals surface area contributed by atoms with Gasteiger partial charge in [-0.25, -0.2) is 4.39 Å². The van der Waals surface area contributed by atoms with Gasteiger partial charge in [0.05, 0.1) is 9.99 Å². The molecule has 2 aromatic carbocycles. The van der Waals surface area contributed by atoms with Crippen LogP contribution in [-0.4, -0.2) is 9.67 Å². The van der Waals surface area contributed by atoms with Crippen molar-refractivity contribution in [3.8, 4) is 11.4 Å². The second-order valence-corrected chi connectivity index (χ2v) is 5.77. The van der Waals surface area contributed by atoms with Gasteiger partial charge in [0.2, 0.25) is 0 Å². The second kappa shape index (κ2) is 4.63. The van der Waals surface area contributed by atoms with Gasteiger partial charge < -0.3 is 9.67 Å². The number of hydrogen-bond donors (Lipinski definition) is 1. The zero-order chi connectivity index (χ0) is 14.4. The molecule has 3 rings (SSSR count). The molecule has 0 saturated carbocycles. The number of nitrogens with zero attached hydrogens (tertiary/aromatic N) is 1. The van der Waals surface area contributed by atoms with E-state index >= 15 is 0 Å². The molecule has 0 radical (unpaired) electrons. The molecule has 1 N–H and O–H groups in total. The molecule has 0 spiro atoms. The number of aryl methyl sites for hydroxylation is 2. The summed E-state index contributed by atoms with van der Waals surface area (Å²) in [5.41, 5.74) is 3.53. The summed E-state index contributed by atoms with van der Waals surface area (Å²) in [6.07, 6.45) is 0. The summed E-state index contributed by atoms with van der Waals surface area (Å²) in [7, 11) is 0. The van der Waals surface area contributed by atoms with Gasteiger partial charge in [-0.05, 0) is 71.7 Å². The topological polar surface area (TPSA) is 25.2 Å². The Morgan fingerprint density at radius 3 is 2.55 bits per heavy atom. The lowest BCUT2D eigenvalue weighted by Gasteiger charge is -2.10. The number of fused-ring (bicyclic) bond motifs is 1. The molecule has 2 nitrogen and oxygen atoms in total. The van der Waals surface area contributed by atoms with Gasteiger partial charge in [-0.3, -0.25) is 0 Å². The molecular formula is C16H13BrFNO. The lowest BCUT2D eigenvalue weighted by Crippen LogP contribution is -1.97. The van der Waals surface area contributed by atoms with E-state index in [1.54, 1.807) is 19.1 Å². The SMILES string of the molecule is Cc1cc(-n2c(C)cc3cc(O)c(Br)cc32)ccc1F. The number of phenols is 1. The molecule has 20 heavy (non-hydrogen) atoms. The number of phenolic OH excluding ortho intramolecular Hbond substituents is 1. The van der Waals surface area contributed by atoms with Crippen LogP contribution in [0.15, 0.2) is 40.9 Å². The fourth-order valence-corrected chi connectivity index (χ4v) is 2.80. The molecule has 0 aliphatic heterocycles. The third-order valence-electron chi connectivity index (χ3n) is 3.45. The van der Waals surface area contributed by atoms with Crippen LogP contribution in [0.2, 0.25) is 0 Å². The van der Waals surface area contributed by atoms with Crippen molar-refractivity contribution in [2.45, 2.75) is 13.8 Å². The van der Waals surface area contributed by atoms with Crippen LogP contribution in [0.1, 0.15) is 11.3 Å². The lowest BCUT2D eigenvalue weighted by molar-refractivity contribution is 0.473. The van der Waals surface area contributed by atoms with Crippen molar-refractivity contribution in [2.24, 2.45) is 0 Å². The molecule has 0 saturated heterocycles. The molecule has 0 unspecified atom stereocenters. The minimum absolute atomic E-state index is 0.207. The fourth-order valence-electron chi connectivity index (χ4n) is 2.47. The summed E-state index contributed by atoms with van der Waals surface area (Å²) >= 11 is 3.34. The summed E-state index contributed by atoms with van der Waals surface area (Å²) in [5, 5.41) is 10.7. The monoisotopic (exact) mass is 333 g/mol. The number of benzene rings is 2. The fraction of sp³-hybridized carbons (Fsp3) is 0.125. The van der Waals surface area contributed by atoms with E-state index in [1.807, 2.05) is 29.7 Å². The standard InChI is InChI=1S/C16H13BrFNO/c1-9-5-12(3-4-14(9)18)19-10(2)6-11-7-16(20)13(17)8-15(11)19/h3-8,20H,1-2H3. The van der Waals surface area contributed by atoms with Crippen molar-refractivity contribution in [3.05, 3.63) is 57.9 Å². The van der Waals surface area contributed by atoms with Crippen molar-refractivity contribution in [3.63, 3.8) is 0 Å². The van der Waals surface area contributed by atoms with Crippen LogP contribution in [0.25, 0.3) is 16.6 Å². The highest BCUT2D eigenvalue weighted by Crippen LogP contribution is 2.33. The maximum absolute atomic E-state index is 13.4. The maximum atomic E-state index is 13.4. The number of halogens is 2. The van der Waals surface area contributed by atoms with E-state index in [9.17, 15) is 9.50 Å². The molecule has 0 atom stereocenters. The first kappa shape index (κ1) is 13.2. The summed E-state index contributed by atoms with van der Waals surface area (Å²) < 4.78 is 16.1. The van der Waals surface area contributed by atoms with Gasteiger partial charge >= 0.3 is 0 Å². The highest BCUT2D eigenvalue weighted by atomic mass is 79.9. The number of aromatic hydroxyl groups is 1. The number of rotatable bonds is 1. The van der Waals surface area contributed by atoms with Gasteiger partial charge in [0, 0.05) is 16.8 Å². The quantitative estimate of drug-likeness (QED) is 0.676. The molecule has 3 aromatic rings. The number of hydrogen-bond acceptors (Lipinski definition) is 1. The highest BCUT2D eigenvalue weighted by Gasteiger charge is 2.11. The Hall–Kier alpha value is -1.81. The van der Waals surface area contributed by atoms with Crippen LogP contribution in [-0.2, 0) is 0 Å².